The summed E-state index contributed by atoms with van der Waals surface area (Å²) in [7, 11) is -4.28. The van der Waals surface area contributed by atoms with Gasteiger partial charge in [-0.2, -0.15) is 4.31 Å². The van der Waals surface area contributed by atoms with E-state index in [1.165, 1.54) is 13.0 Å². The number of carbonyl (C=O) groups is 1. The molecule has 2 N–H and O–H groups in total. The molecule has 1 fully saturated rings. The van der Waals surface area contributed by atoms with Crippen molar-refractivity contribution >= 4 is 21.6 Å². The zero-order valence-electron chi connectivity index (χ0n) is 17.0. The van der Waals surface area contributed by atoms with Crippen molar-refractivity contribution in [3.8, 4) is 0 Å². The third-order valence-electron chi connectivity index (χ3n) is 5.34. The predicted molar refractivity (Wildman–Crippen MR) is 109 cm³/mol. The number of nitrogens with zero attached hydrogens (tertiary/aromatic N) is 1. The second-order valence-corrected chi connectivity index (χ2v) is 9.53. The van der Waals surface area contributed by atoms with Gasteiger partial charge in [-0.1, -0.05) is 0 Å². The monoisotopic (exact) mass is 456 g/mol. The van der Waals surface area contributed by atoms with Gasteiger partial charge in [-0.25, -0.2) is 21.6 Å². The molecular formula is C21H23F3N2O4S. The topological polar surface area (TPSA) is 86.7 Å². The number of nitrogens with one attached hydrogen (secondary N) is 1. The molecule has 2 unspecified atom stereocenters. The minimum atomic E-state index is -4.28. The summed E-state index contributed by atoms with van der Waals surface area (Å²) in [5, 5.41) is 12.2. The number of sulfonamides is 1. The fourth-order valence-electron chi connectivity index (χ4n) is 3.55. The van der Waals surface area contributed by atoms with E-state index in [0.717, 1.165) is 28.6 Å². The minimum Gasteiger partial charge on any atom is -0.393 e. The Morgan fingerprint density at radius 1 is 1.10 bits per heavy atom. The van der Waals surface area contributed by atoms with E-state index in [0.29, 0.717) is 12.8 Å². The first-order valence-electron chi connectivity index (χ1n) is 9.77. The van der Waals surface area contributed by atoms with Gasteiger partial charge in [0.2, 0.25) is 10.0 Å². The number of carbonyl (C=O) groups excluding carboxylic acids is 1. The zero-order valence-corrected chi connectivity index (χ0v) is 17.8. The van der Waals surface area contributed by atoms with Crippen LogP contribution in [0.25, 0.3) is 0 Å². The molecule has 0 saturated carbocycles. The first-order valence-corrected chi connectivity index (χ1v) is 11.2. The quantitative estimate of drug-likeness (QED) is 0.736. The van der Waals surface area contributed by atoms with Crippen molar-refractivity contribution in [2.45, 2.75) is 50.2 Å². The Labute approximate surface area is 178 Å². The van der Waals surface area contributed by atoms with E-state index in [4.69, 9.17) is 0 Å². The first kappa shape index (κ1) is 23.2. The third-order valence-corrected chi connectivity index (χ3v) is 7.37. The molecule has 1 aliphatic rings. The summed E-state index contributed by atoms with van der Waals surface area (Å²) >= 11 is 0. The number of rotatable bonds is 4. The van der Waals surface area contributed by atoms with Crippen molar-refractivity contribution in [1.82, 2.24) is 4.31 Å². The predicted octanol–water partition coefficient (Wildman–Crippen LogP) is 3.59. The fraction of sp³-hybridized carbons (Fsp3) is 0.381. The number of aryl methyl sites for hydroxylation is 1. The van der Waals surface area contributed by atoms with Crippen molar-refractivity contribution in [2.24, 2.45) is 0 Å². The van der Waals surface area contributed by atoms with E-state index < -0.39 is 50.4 Å². The van der Waals surface area contributed by atoms with Crippen LogP contribution in [-0.4, -0.2) is 42.4 Å². The maximum absolute atomic E-state index is 14.5. The summed E-state index contributed by atoms with van der Waals surface area (Å²) in [4.78, 5) is 11.9. The lowest BCUT2D eigenvalue weighted by molar-refractivity contribution is 0.102. The molecule has 0 bridgehead atoms. The average molecular weight is 456 g/mol. The standard InChI is InChI=1S/C21H23F3N2O4S/c1-12-9-15(11-18(23)20(12)24)25-21(28)14-4-6-17(22)19(10-14)31(29,30)26-8-7-16(27)5-3-13(26)2/h4,6,9-11,13,16,27H,3,5,7-8H2,1-2H3,(H,25,28). The van der Waals surface area contributed by atoms with Crippen LogP contribution in [0.2, 0.25) is 0 Å². The molecule has 0 aliphatic carbocycles. The summed E-state index contributed by atoms with van der Waals surface area (Å²) < 4.78 is 68.9. The highest BCUT2D eigenvalue weighted by atomic mass is 32.2. The van der Waals surface area contributed by atoms with Gasteiger partial charge in [-0.15, -0.1) is 0 Å². The summed E-state index contributed by atoms with van der Waals surface area (Å²) in [6.07, 6.45) is 0.439. The molecule has 1 aliphatic heterocycles. The normalized spacial score (nSPS) is 20.3. The van der Waals surface area contributed by atoms with Crippen LogP contribution in [-0.2, 0) is 10.0 Å². The molecule has 0 spiro atoms. The lowest BCUT2D eigenvalue weighted by atomic mass is 10.1. The molecule has 31 heavy (non-hydrogen) atoms. The molecule has 0 radical (unpaired) electrons. The molecule has 1 heterocycles. The largest absolute Gasteiger partial charge is 0.393 e. The van der Waals surface area contributed by atoms with Gasteiger partial charge < -0.3 is 10.4 Å². The van der Waals surface area contributed by atoms with E-state index >= 15 is 0 Å². The summed E-state index contributed by atoms with van der Waals surface area (Å²) in [6, 6.07) is 4.46. The van der Waals surface area contributed by atoms with Gasteiger partial charge >= 0.3 is 0 Å². The first-order chi connectivity index (χ1) is 14.5. The van der Waals surface area contributed by atoms with Crippen LogP contribution in [0.15, 0.2) is 35.2 Å². The maximum Gasteiger partial charge on any atom is 0.255 e. The molecule has 2 aromatic rings. The number of anilines is 1. The average Bonchev–Trinajstić information content (AvgIpc) is 2.87. The summed E-state index contributed by atoms with van der Waals surface area (Å²) in [5.74, 6) is -4.00. The molecule has 6 nitrogen and oxygen atoms in total. The number of amides is 1. The molecule has 1 amide bonds. The van der Waals surface area contributed by atoms with Gasteiger partial charge in [-0.05, 0) is 62.9 Å². The van der Waals surface area contributed by atoms with Crippen molar-refractivity contribution in [3.63, 3.8) is 0 Å². The lowest BCUT2D eigenvalue weighted by Gasteiger charge is -2.26. The van der Waals surface area contributed by atoms with Crippen LogP contribution in [0, 0.1) is 24.4 Å². The van der Waals surface area contributed by atoms with Crippen LogP contribution in [0.3, 0.4) is 0 Å². The Morgan fingerprint density at radius 3 is 2.48 bits per heavy atom. The highest BCUT2D eigenvalue weighted by molar-refractivity contribution is 7.89. The van der Waals surface area contributed by atoms with Crippen LogP contribution in [0.1, 0.15) is 42.1 Å². The van der Waals surface area contributed by atoms with Crippen molar-refractivity contribution in [1.29, 1.82) is 0 Å². The van der Waals surface area contributed by atoms with Crippen molar-refractivity contribution in [3.05, 3.63) is 58.9 Å². The molecule has 10 heteroatoms. The van der Waals surface area contributed by atoms with Crippen LogP contribution >= 0.6 is 0 Å². The fourth-order valence-corrected chi connectivity index (χ4v) is 5.31. The Hall–Kier alpha value is -2.43. The minimum absolute atomic E-state index is 0.0185. The number of aliphatic hydroxyl groups excluding tert-OH is 1. The van der Waals surface area contributed by atoms with Gasteiger partial charge in [0, 0.05) is 29.9 Å². The second kappa shape index (κ2) is 8.97. The van der Waals surface area contributed by atoms with E-state index in [-0.39, 0.29) is 29.8 Å². The number of halogens is 3. The van der Waals surface area contributed by atoms with Gasteiger partial charge in [-0.3, -0.25) is 4.79 Å². The van der Waals surface area contributed by atoms with E-state index in [1.807, 2.05) is 0 Å². The molecular weight excluding hydrogens is 433 g/mol. The summed E-state index contributed by atoms with van der Waals surface area (Å²) in [5.41, 5.74) is -0.204. The van der Waals surface area contributed by atoms with E-state index in [9.17, 15) is 31.5 Å². The van der Waals surface area contributed by atoms with Crippen molar-refractivity contribution < 1.29 is 31.5 Å². The highest BCUT2D eigenvalue weighted by Crippen LogP contribution is 2.27. The summed E-state index contributed by atoms with van der Waals surface area (Å²) in [6.45, 7) is 3.03. The highest BCUT2D eigenvalue weighted by Gasteiger charge is 2.34. The van der Waals surface area contributed by atoms with E-state index in [2.05, 4.69) is 5.32 Å². The Bertz CT molecular complexity index is 1080. The van der Waals surface area contributed by atoms with Crippen molar-refractivity contribution in [2.75, 3.05) is 11.9 Å². The number of aliphatic hydroxyl groups is 1. The Kier molecular flexibility index (Phi) is 6.73. The van der Waals surface area contributed by atoms with Crippen LogP contribution in [0.4, 0.5) is 18.9 Å². The maximum atomic E-state index is 14.5. The second-order valence-electron chi connectivity index (χ2n) is 7.67. The Balaban J connectivity index is 1.91. The SMILES string of the molecule is Cc1cc(NC(=O)c2ccc(F)c(S(=O)(=O)N3CCC(O)CCC3C)c2)cc(F)c1F. The smallest absolute Gasteiger partial charge is 0.255 e. The molecule has 1 saturated heterocycles. The van der Waals surface area contributed by atoms with Gasteiger partial charge in [0.25, 0.3) is 5.91 Å². The van der Waals surface area contributed by atoms with Gasteiger partial charge in [0.1, 0.15) is 10.7 Å². The van der Waals surface area contributed by atoms with Gasteiger partial charge in [0.15, 0.2) is 11.6 Å². The molecule has 3 rings (SSSR count). The van der Waals surface area contributed by atoms with Crippen LogP contribution in [0.5, 0.6) is 0 Å². The zero-order chi connectivity index (χ0) is 22.9. The molecule has 2 atom stereocenters. The molecule has 2 aromatic carbocycles. The molecule has 168 valence electrons. The van der Waals surface area contributed by atoms with E-state index in [1.54, 1.807) is 6.92 Å². The van der Waals surface area contributed by atoms with Gasteiger partial charge in [0.05, 0.1) is 6.10 Å². The number of hydrogen-bond donors (Lipinski definition) is 2. The Morgan fingerprint density at radius 2 is 1.81 bits per heavy atom. The number of benzene rings is 2. The lowest BCUT2D eigenvalue weighted by Crippen LogP contribution is -2.38. The molecule has 0 aromatic heterocycles. The third kappa shape index (κ3) is 4.91. The number of hydrogen-bond acceptors (Lipinski definition) is 4. The van der Waals surface area contributed by atoms with Crippen LogP contribution < -0.4 is 5.32 Å².